The maximum Gasteiger partial charge on any atom is 0.338 e. The topological polar surface area (TPSA) is 134 Å². The minimum Gasteiger partial charge on any atom is -0.462 e. The van der Waals surface area contributed by atoms with Crippen LogP contribution < -0.4 is 20.9 Å². The van der Waals surface area contributed by atoms with Gasteiger partial charge in [0.25, 0.3) is 0 Å². The van der Waals surface area contributed by atoms with Gasteiger partial charge in [0.1, 0.15) is 10.6 Å². The summed E-state index contributed by atoms with van der Waals surface area (Å²) in [7, 11) is -4.18. The number of hydrogen-bond acceptors (Lipinski definition) is 7. The fourth-order valence-electron chi connectivity index (χ4n) is 2.20. The van der Waals surface area contributed by atoms with Crippen LogP contribution in [0.5, 0.6) is 11.5 Å². The fourth-order valence-corrected chi connectivity index (χ4v) is 2.90. The third kappa shape index (κ3) is 4.94. The van der Waals surface area contributed by atoms with E-state index in [4.69, 9.17) is 20.3 Å². The summed E-state index contributed by atoms with van der Waals surface area (Å²) in [5.41, 5.74) is 5.82. The van der Waals surface area contributed by atoms with Gasteiger partial charge < -0.3 is 20.5 Å². The Morgan fingerprint density at radius 2 is 1.88 bits per heavy atom. The molecule has 0 atom stereocenters. The van der Waals surface area contributed by atoms with Crippen molar-refractivity contribution in [2.24, 2.45) is 10.9 Å². The van der Waals surface area contributed by atoms with Crippen LogP contribution in [0.3, 0.4) is 0 Å². The minimum atomic E-state index is -4.18. The largest absolute Gasteiger partial charge is 0.462 e. The second-order valence-corrected chi connectivity index (χ2v) is 6.78. The van der Waals surface area contributed by atoms with E-state index in [9.17, 15) is 13.2 Å². The lowest BCUT2D eigenvalue weighted by atomic mass is 10.1. The molecule has 2 aromatic rings. The number of primary sulfonamides is 1. The van der Waals surface area contributed by atoms with Gasteiger partial charge in [0.2, 0.25) is 10.0 Å². The number of para-hydroxylation sites is 1. The first-order valence-electron chi connectivity index (χ1n) is 7.91. The zero-order valence-electron chi connectivity index (χ0n) is 14.3. The Labute approximate surface area is 152 Å². The first-order chi connectivity index (χ1) is 12.4. The predicted molar refractivity (Wildman–Crippen MR) is 97.8 cm³/mol. The smallest absolute Gasteiger partial charge is 0.338 e. The number of benzene rings is 2. The van der Waals surface area contributed by atoms with Crippen LogP contribution in [0.15, 0.2) is 47.4 Å². The summed E-state index contributed by atoms with van der Waals surface area (Å²) in [6, 6.07) is 11.2. The molecule has 2 aromatic carbocycles. The number of carbonyl (C=O) groups excluding carboxylic acids is 1. The van der Waals surface area contributed by atoms with Gasteiger partial charge >= 0.3 is 5.97 Å². The maximum absolute atomic E-state index is 12.1. The third-order valence-corrected chi connectivity index (χ3v) is 4.21. The van der Waals surface area contributed by atoms with E-state index in [2.05, 4.69) is 5.32 Å². The predicted octanol–water partition coefficient (Wildman–Crippen LogP) is 1.67. The molecule has 26 heavy (non-hydrogen) atoms. The molecule has 0 unspecified atom stereocenters. The SMILES string of the molecule is CCOC(=O)c1cc(NCCN)c(Oc2ccccc2)c(S(N)(=O)=O)c1. The van der Waals surface area contributed by atoms with Crippen LogP contribution >= 0.6 is 0 Å². The minimum absolute atomic E-state index is 0.0137. The zero-order valence-corrected chi connectivity index (χ0v) is 15.1. The molecule has 0 heterocycles. The van der Waals surface area contributed by atoms with Crippen LogP contribution in [-0.2, 0) is 14.8 Å². The van der Waals surface area contributed by atoms with Gasteiger partial charge in [-0.05, 0) is 31.2 Å². The Morgan fingerprint density at radius 3 is 2.46 bits per heavy atom. The van der Waals surface area contributed by atoms with Gasteiger partial charge in [-0.1, -0.05) is 18.2 Å². The number of sulfonamides is 1. The summed E-state index contributed by atoms with van der Waals surface area (Å²) >= 11 is 0. The molecule has 0 aliphatic rings. The molecule has 9 heteroatoms. The number of carbonyl (C=O) groups is 1. The Hall–Kier alpha value is -2.62. The molecule has 0 saturated carbocycles. The first kappa shape index (κ1) is 19.7. The highest BCUT2D eigenvalue weighted by Crippen LogP contribution is 2.37. The zero-order chi connectivity index (χ0) is 19.2. The van der Waals surface area contributed by atoms with Crippen molar-refractivity contribution in [3.63, 3.8) is 0 Å². The van der Waals surface area contributed by atoms with E-state index >= 15 is 0 Å². The van der Waals surface area contributed by atoms with E-state index < -0.39 is 16.0 Å². The third-order valence-electron chi connectivity index (χ3n) is 3.30. The van der Waals surface area contributed by atoms with Crippen LogP contribution in [0.25, 0.3) is 0 Å². The van der Waals surface area contributed by atoms with Crippen molar-refractivity contribution < 1.29 is 22.7 Å². The van der Waals surface area contributed by atoms with Crippen molar-refractivity contribution >= 4 is 21.7 Å². The highest BCUT2D eigenvalue weighted by atomic mass is 32.2. The number of nitrogens with one attached hydrogen (secondary N) is 1. The summed E-state index contributed by atoms with van der Waals surface area (Å²) in [5, 5.41) is 8.29. The van der Waals surface area contributed by atoms with Gasteiger partial charge in [-0.2, -0.15) is 0 Å². The highest BCUT2D eigenvalue weighted by molar-refractivity contribution is 7.89. The van der Waals surface area contributed by atoms with Crippen molar-refractivity contribution in [1.82, 2.24) is 0 Å². The number of anilines is 1. The lowest BCUT2D eigenvalue weighted by molar-refractivity contribution is 0.0526. The number of rotatable bonds is 8. The Bertz CT molecular complexity index is 869. The molecule has 0 spiro atoms. The normalized spacial score (nSPS) is 11.0. The van der Waals surface area contributed by atoms with Crippen molar-refractivity contribution in [1.29, 1.82) is 0 Å². The molecule has 5 N–H and O–H groups in total. The average molecular weight is 379 g/mol. The lowest BCUT2D eigenvalue weighted by Gasteiger charge is -2.17. The summed E-state index contributed by atoms with van der Waals surface area (Å²) < 4.78 is 34.9. The maximum atomic E-state index is 12.1. The standard InChI is InChI=1S/C17H21N3O5S/c1-2-24-17(21)12-10-14(20-9-8-18)16(15(11-12)26(19,22)23)25-13-6-4-3-5-7-13/h3-7,10-11,20H,2,8-9,18H2,1H3,(H2,19,22,23). The molecule has 2 rings (SSSR count). The molecule has 0 aliphatic heterocycles. The fraction of sp³-hybridized carbons (Fsp3) is 0.235. The molecule has 0 aromatic heterocycles. The summed E-state index contributed by atoms with van der Waals surface area (Å²) in [4.78, 5) is 11.7. The molecule has 0 saturated heterocycles. The van der Waals surface area contributed by atoms with Gasteiger partial charge in [0.15, 0.2) is 5.75 Å². The van der Waals surface area contributed by atoms with Gasteiger partial charge in [-0.15, -0.1) is 0 Å². The van der Waals surface area contributed by atoms with Crippen LogP contribution in [0.2, 0.25) is 0 Å². The number of ether oxygens (including phenoxy) is 2. The molecule has 0 bridgehead atoms. The van der Waals surface area contributed by atoms with Crippen molar-refractivity contribution in [3.8, 4) is 11.5 Å². The molecule has 8 nitrogen and oxygen atoms in total. The average Bonchev–Trinajstić information content (AvgIpc) is 2.60. The molecular formula is C17H21N3O5S. The Balaban J connectivity index is 2.62. The van der Waals surface area contributed by atoms with E-state index in [0.29, 0.717) is 18.8 Å². The number of esters is 1. The second kappa shape index (κ2) is 8.65. The van der Waals surface area contributed by atoms with E-state index in [1.54, 1.807) is 37.3 Å². The van der Waals surface area contributed by atoms with Gasteiger partial charge in [-0.3, -0.25) is 0 Å². The van der Waals surface area contributed by atoms with Gasteiger partial charge in [-0.25, -0.2) is 18.4 Å². The summed E-state index contributed by atoms with van der Waals surface area (Å²) in [6.07, 6.45) is 0. The lowest BCUT2D eigenvalue weighted by Crippen LogP contribution is -2.18. The van der Waals surface area contributed by atoms with Crippen LogP contribution in [0, 0.1) is 0 Å². The monoisotopic (exact) mass is 379 g/mol. The second-order valence-electron chi connectivity index (χ2n) is 5.25. The van der Waals surface area contributed by atoms with Crippen molar-refractivity contribution in [2.75, 3.05) is 25.0 Å². The quantitative estimate of drug-likeness (QED) is 0.594. The van der Waals surface area contributed by atoms with E-state index in [1.807, 2.05) is 0 Å². The highest BCUT2D eigenvalue weighted by Gasteiger charge is 2.24. The van der Waals surface area contributed by atoms with Crippen LogP contribution in [-0.4, -0.2) is 34.1 Å². The van der Waals surface area contributed by atoms with Crippen molar-refractivity contribution in [2.45, 2.75) is 11.8 Å². The van der Waals surface area contributed by atoms with Gasteiger partial charge in [0.05, 0.1) is 17.9 Å². The summed E-state index contributed by atoms with van der Waals surface area (Å²) in [6.45, 7) is 2.43. The first-order valence-corrected chi connectivity index (χ1v) is 9.46. The van der Waals surface area contributed by atoms with E-state index in [-0.39, 0.29) is 28.5 Å². The Kier molecular flexibility index (Phi) is 6.56. The Morgan fingerprint density at radius 1 is 1.19 bits per heavy atom. The summed E-state index contributed by atoms with van der Waals surface area (Å²) in [5.74, 6) is -0.267. The number of hydrogen-bond donors (Lipinski definition) is 3. The van der Waals surface area contributed by atoms with Crippen LogP contribution in [0.1, 0.15) is 17.3 Å². The molecule has 0 aliphatic carbocycles. The van der Waals surface area contributed by atoms with Gasteiger partial charge in [0, 0.05) is 13.1 Å². The molecule has 140 valence electrons. The van der Waals surface area contributed by atoms with E-state index in [0.717, 1.165) is 6.07 Å². The van der Waals surface area contributed by atoms with Crippen molar-refractivity contribution in [3.05, 3.63) is 48.0 Å². The molecule has 0 fully saturated rings. The number of nitrogens with two attached hydrogens (primary N) is 2. The van der Waals surface area contributed by atoms with Crippen LogP contribution in [0.4, 0.5) is 5.69 Å². The van der Waals surface area contributed by atoms with E-state index in [1.165, 1.54) is 6.07 Å². The molecule has 0 amide bonds. The molecular weight excluding hydrogens is 358 g/mol. The molecule has 0 radical (unpaired) electrons.